The molecule has 0 aliphatic rings. The third kappa shape index (κ3) is 59.9. The van der Waals surface area contributed by atoms with Gasteiger partial charge in [-0.2, -0.15) is 0 Å². The van der Waals surface area contributed by atoms with E-state index in [0.29, 0.717) is 23.9 Å². The highest BCUT2D eigenvalue weighted by atomic mass is 16.7. The van der Waals surface area contributed by atoms with Crippen LogP contribution in [-0.2, 0) is 33.3 Å². The van der Waals surface area contributed by atoms with Gasteiger partial charge in [0.25, 0.3) is 6.29 Å². The van der Waals surface area contributed by atoms with Crippen molar-refractivity contribution in [1.29, 1.82) is 0 Å². The van der Waals surface area contributed by atoms with Gasteiger partial charge in [0, 0.05) is 12.8 Å². The van der Waals surface area contributed by atoms with Crippen molar-refractivity contribution in [2.45, 2.75) is 193 Å². The molecule has 0 rings (SSSR count). The minimum atomic E-state index is -1.54. The fourth-order valence-electron chi connectivity index (χ4n) is 7.12. The van der Waals surface area contributed by atoms with Crippen LogP contribution >= 0.6 is 0 Å². The Morgan fingerprint density at radius 3 is 1.04 bits per heavy atom. The fraction of sp³-hybridized carbons (Fsp3) is 0.529. The quantitative estimate of drug-likeness (QED) is 0.0211. The Kier molecular flexibility index (Phi) is 54.4. The molecule has 0 aliphatic carbocycles. The summed E-state index contributed by atoms with van der Waals surface area (Å²) in [7, 11) is 5.93. The van der Waals surface area contributed by atoms with E-state index in [-0.39, 0.29) is 32.7 Å². The Morgan fingerprint density at radius 1 is 0.380 bits per heavy atom. The van der Waals surface area contributed by atoms with Crippen molar-refractivity contribution in [2.75, 3.05) is 47.5 Å². The minimum Gasteiger partial charge on any atom is -0.477 e. The molecule has 9 heteroatoms. The Balaban J connectivity index is 4.40. The molecule has 0 fully saturated rings. The number of ether oxygens (including phenoxy) is 4. The summed E-state index contributed by atoms with van der Waals surface area (Å²) in [5.74, 6) is -2.12. The van der Waals surface area contributed by atoms with Crippen LogP contribution in [0.5, 0.6) is 0 Å². The van der Waals surface area contributed by atoms with Gasteiger partial charge in [0.15, 0.2) is 6.10 Å². The molecule has 79 heavy (non-hydrogen) atoms. The predicted molar refractivity (Wildman–Crippen MR) is 336 cm³/mol. The molecule has 2 atom stereocenters. The second-order valence-corrected chi connectivity index (χ2v) is 20.2. The molecule has 0 amide bonds. The molecule has 0 saturated heterocycles. The zero-order chi connectivity index (χ0) is 57.6. The number of unbranched alkanes of at least 4 members (excludes halogenated alkanes) is 7. The minimum absolute atomic E-state index is 0.165. The zero-order valence-electron chi connectivity index (χ0n) is 49.9. The Hall–Kier alpha value is -5.61. The van der Waals surface area contributed by atoms with Crippen LogP contribution in [0.15, 0.2) is 182 Å². The van der Waals surface area contributed by atoms with Crippen molar-refractivity contribution in [3.63, 3.8) is 0 Å². The Morgan fingerprint density at radius 2 is 0.684 bits per heavy atom. The van der Waals surface area contributed by atoms with Crippen LogP contribution in [0.1, 0.15) is 181 Å². The van der Waals surface area contributed by atoms with Crippen LogP contribution < -0.4 is 0 Å². The lowest BCUT2D eigenvalue weighted by Gasteiger charge is -2.25. The van der Waals surface area contributed by atoms with Gasteiger partial charge in [-0.25, -0.2) is 4.79 Å². The van der Waals surface area contributed by atoms with E-state index in [0.717, 1.165) is 141 Å². The highest BCUT2D eigenvalue weighted by Crippen LogP contribution is 2.12. The number of likely N-dealkylation sites (N-methyl/N-ethyl adjacent to an activating group) is 1. The number of carbonyl (C=O) groups is 3. The predicted octanol–water partition coefficient (Wildman–Crippen LogP) is 18.1. The van der Waals surface area contributed by atoms with Crippen molar-refractivity contribution < 1.29 is 42.9 Å². The number of quaternary nitrogens is 1. The maximum atomic E-state index is 12.9. The number of allylic oxidation sites excluding steroid dienone is 30. The van der Waals surface area contributed by atoms with Gasteiger partial charge in [-0.05, 0) is 135 Å². The second kappa shape index (κ2) is 58.5. The molecular formula is C70H108NO8+. The van der Waals surface area contributed by atoms with E-state index < -0.39 is 30.3 Å². The molecule has 0 aliphatic heterocycles. The molecule has 0 aromatic rings. The summed E-state index contributed by atoms with van der Waals surface area (Å²) >= 11 is 0. The number of esters is 2. The standard InChI is InChI=1S/C70H107NO8/c1-6-8-10-12-14-16-18-20-22-24-26-28-29-30-31-32-33-34-35-36-37-38-39-41-43-45-47-49-51-53-55-57-59-61-68(73)79-66(65-78-70(69(74)75)76-63-62-71(3,4)5)64-77-67(72)60-58-56-54-52-50-48-46-44-42-40-27-25-23-21-19-17-15-13-11-9-7-2/h8-11,14-17,20-23,26-28,30-31,33-34,36-37,39-41,44-47,50,52,66,70H,6-7,12-13,18-19,24-25,29,32,35,38,42-43,48-49,51,53-65H2,1-5H3/p+1/b10-8-,11-9-,16-14-,17-15-,22-20-,23-21-,28-26-,31-30-,34-33-,37-36-,40-27-,41-39-,46-44-,47-45-,52-50-. The number of carbonyl (C=O) groups excluding carboxylic acids is 2. The third-order valence-electron chi connectivity index (χ3n) is 11.7. The first-order chi connectivity index (χ1) is 38.6. The SMILES string of the molecule is CC/C=C\C/C=C\C/C=C\C/C=C\C/C=C\C/C=C\C/C=C\C/C=C\C/C=C\CCCCCCCC(=O)OC(COC(=O)CCCC/C=C\C/C=C\C/C=C\C/C=C\C/C=C\C/C=C\CC)COC(OCC[N+](C)(C)C)C(=O)O. The van der Waals surface area contributed by atoms with Crippen molar-refractivity contribution in [3.05, 3.63) is 182 Å². The molecule has 0 radical (unpaired) electrons. The van der Waals surface area contributed by atoms with E-state index in [1.54, 1.807) is 0 Å². The van der Waals surface area contributed by atoms with E-state index in [1.165, 1.54) is 0 Å². The highest BCUT2D eigenvalue weighted by Gasteiger charge is 2.25. The fourth-order valence-corrected chi connectivity index (χ4v) is 7.12. The summed E-state index contributed by atoms with van der Waals surface area (Å²) in [6.45, 7) is 4.53. The molecule has 1 N–H and O–H groups in total. The molecule has 0 bridgehead atoms. The van der Waals surface area contributed by atoms with E-state index in [2.05, 4.69) is 196 Å². The highest BCUT2D eigenvalue weighted by molar-refractivity contribution is 5.71. The molecule has 2 unspecified atom stereocenters. The number of nitrogens with zero attached hydrogens (tertiary/aromatic N) is 1. The van der Waals surface area contributed by atoms with Crippen molar-refractivity contribution in [3.8, 4) is 0 Å². The molecule has 0 saturated carbocycles. The first kappa shape index (κ1) is 73.4. The average molecular weight is 1090 g/mol. The lowest BCUT2D eigenvalue weighted by Crippen LogP contribution is -2.40. The van der Waals surface area contributed by atoms with Crippen LogP contribution in [0.4, 0.5) is 0 Å². The normalized spacial score (nSPS) is 14.1. The van der Waals surface area contributed by atoms with Gasteiger partial charge in [0.05, 0.1) is 34.4 Å². The molecular weight excluding hydrogens is 983 g/mol. The van der Waals surface area contributed by atoms with Gasteiger partial charge in [0.2, 0.25) is 0 Å². The summed E-state index contributed by atoms with van der Waals surface area (Å²) < 4.78 is 22.8. The van der Waals surface area contributed by atoms with Crippen LogP contribution in [0.25, 0.3) is 0 Å². The number of aliphatic carboxylic acids is 1. The topological polar surface area (TPSA) is 108 Å². The van der Waals surface area contributed by atoms with Gasteiger partial charge in [0.1, 0.15) is 13.2 Å². The number of carboxylic acid groups (broad SMARTS) is 1. The second-order valence-electron chi connectivity index (χ2n) is 20.2. The van der Waals surface area contributed by atoms with E-state index in [4.69, 9.17) is 18.9 Å². The molecule has 0 heterocycles. The summed E-state index contributed by atoms with van der Waals surface area (Å²) in [5, 5.41) is 9.71. The Labute approximate surface area is 481 Å². The molecule has 0 spiro atoms. The number of carboxylic acids is 1. The first-order valence-electron chi connectivity index (χ1n) is 29.9. The van der Waals surface area contributed by atoms with Crippen molar-refractivity contribution in [2.24, 2.45) is 0 Å². The maximum absolute atomic E-state index is 12.9. The summed E-state index contributed by atoms with van der Waals surface area (Å²) in [4.78, 5) is 37.4. The first-order valence-corrected chi connectivity index (χ1v) is 29.9. The van der Waals surface area contributed by atoms with E-state index in [1.807, 2.05) is 21.1 Å². The van der Waals surface area contributed by atoms with Gasteiger partial charge < -0.3 is 28.5 Å². The van der Waals surface area contributed by atoms with E-state index >= 15 is 0 Å². The van der Waals surface area contributed by atoms with Crippen LogP contribution in [0.3, 0.4) is 0 Å². The molecule has 440 valence electrons. The summed E-state index contributed by atoms with van der Waals surface area (Å²) in [6.07, 6.45) is 86.9. The average Bonchev–Trinajstić information content (AvgIpc) is 3.42. The van der Waals surface area contributed by atoms with Crippen molar-refractivity contribution in [1.82, 2.24) is 0 Å². The smallest absolute Gasteiger partial charge is 0.361 e. The van der Waals surface area contributed by atoms with Crippen LogP contribution in [-0.4, -0.2) is 87.4 Å². The van der Waals surface area contributed by atoms with Gasteiger partial charge in [-0.1, -0.05) is 215 Å². The number of rotatable bonds is 52. The van der Waals surface area contributed by atoms with Gasteiger partial charge >= 0.3 is 17.9 Å². The van der Waals surface area contributed by atoms with Crippen LogP contribution in [0, 0.1) is 0 Å². The third-order valence-corrected chi connectivity index (χ3v) is 11.7. The lowest BCUT2D eigenvalue weighted by molar-refractivity contribution is -0.870. The zero-order valence-corrected chi connectivity index (χ0v) is 49.9. The largest absolute Gasteiger partial charge is 0.477 e. The number of hydrogen-bond donors (Lipinski definition) is 1. The molecule has 0 aromatic heterocycles. The summed E-state index contributed by atoms with van der Waals surface area (Å²) in [5.41, 5.74) is 0. The van der Waals surface area contributed by atoms with Crippen LogP contribution in [0.2, 0.25) is 0 Å². The van der Waals surface area contributed by atoms with E-state index in [9.17, 15) is 19.5 Å². The maximum Gasteiger partial charge on any atom is 0.361 e. The van der Waals surface area contributed by atoms with Crippen molar-refractivity contribution >= 4 is 17.9 Å². The summed E-state index contributed by atoms with van der Waals surface area (Å²) in [6, 6.07) is 0. The molecule has 0 aromatic carbocycles. The molecule has 9 nitrogen and oxygen atoms in total. The number of hydrogen-bond acceptors (Lipinski definition) is 7. The van der Waals surface area contributed by atoms with Gasteiger partial charge in [-0.3, -0.25) is 9.59 Å². The van der Waals surface area contributed by atoms with Gasteiger partial charge in [-0.15, -0.1) is 0 Å². The Bertz CT molecular complexity index is 1940. The lowest BCUT2D eigenvalue weighted by atomic mass is 10.1. The monoisotopic (exact) mass is 1090 g/mol.